The van der Waals surface area contributed by atoms with Gasteiger partial charge < -0.3 is 19.7 Å². The number of carbonyl (C=O) groups is 1. The van der Waals surface area contributed by atoms with Crippen molar-refractivity contribution in [1.29, 1.82) is 0 Å². The summed E-state index contributed by atoms with van der Waals surface area (Å²) in [7, 11) is 1.93. The average Bonchev–Trinajstić information content (AvgIpc) is 2.98. The van der Waals surface area contributed by atoms with Crippen molar-refractivity contribution >= 4 is 5.91 Å². The molecule has 1 heterocycles. The average molecular weight is 292 g/mol. The molecule has 0 spiro atoms. The van der Waals surface area contributed by atoms with E-state index < -0.39 is 0 Å². The summed E-state index contributed by atoms with van der Waals surface area (Å²) in [5.41, 5.74) is 0.652. The number of benzene rings is 1. The van der Waals surface area contributed by atoms with Crippen LogP contribution in [-0.4, -0.2) is 50.2 Å². The SMILES string of the molecule is CCOc1ccc(C(=O)N2CCC(NC)C2)cc1OCC. The summed E-state index contributed by atoms with van der Waals surface area (Å²) in [5.74, 6) is 1.37. The van der Waals surface area contributed by atoms with Gasteiger partial charge in [-0.15, -0.1) is 0 Å². The number of likely N-dealkylation sites (tertiary alicyclic amines) is 1. The maximum absolute atomic E-state index is 12.5. The second-order valence-corrected chi connectivity index (χ2v) is 5.05. The molecule has 0 aromatic heterocycles. The monoisotopic (exact) mass is 292 g/mol. The van der Waals surface area contributed by atoms with Crippen LogP contribution < -0.4 is 14.8 Å². The first-order chi connectivity index (χ1) is 10.2. The highest BCUT2D eigenvalue weighted by Gasteiger charge is 2.26. The number of rotatable bonds is 6. The van der Waals surface area contributed by atoms with Gasteiger partial charge in [-0.25, -0.2) is 0 Å². The number of hydrogen-bond acceptors (Lipinski definition) is 4. The van der Waals surface area contributed by atoms with Crippen molar-refractivity contribution in [3.8, 4) is 11.5 Å². The van der Waals surface area contributed by atoms with Gasteiger partial charge in [0.25, 0.3) is 5.91 Å². The standard InChI is InChI=1S/C16H24N2O3/c1-4-20-14-7-6-12(10-15(14)21-5-2)16(19)18-9-8-13(11-18)17-3/h6-7,10,13,17H,4-5,8-9,11H2,1-3H3. The quantitative estimate of drug-likeness (QED) is 0.870. The molecule has 2 rings (SSSR count). The molecule has 1 fully saturated rings. The molecule has 5 nitrogen and oxygen atoms in total. The maximum atomic E-state index is 12.5. The minimum atomic E-state index is 0.0525. The lowest BCUT2D eigenvalue weighted by molar-refractivity contribution is 0.0789. The topological polar surface area (TPSA) is 50.8 Å². The van der Waals surface area contributed by atoms with E-state index in [0.717, 1.165) is 19.5 Å². The zero-order valence-electron chi connectivity index (χ0n) is 13.0. The Morgan fingerprint density at radius 3 is 2.62 bits per heavy atom. The summed E-state index contributed by atoms with van der Waals surface area (Å²) in [6.07, 6.45) is 0.998. The first-order valence-electron chi connectivity index (χ1n) is 7.55. The van der Waals surface area contributed by atoms with E-state index in [-0.39, 0.29) is 5.91 Å². The van der Waals surface area contributed by atoms with Crippen molar-refractivity contribution in [2.24, 2.45) is 0 Å². The Morgan fingerprint density at radius 1 is 1.29 bits per heavy atom. The molecule has 1 atom stereocenters. The van der Waals surface area contributed by atoms with E-state index in [4.69, 9.17) is 9.47 Å². The van der Waals surface area contributed by atoms with Gasteiger partial charge in [0.15, 0.2) is 11.5 Å². The highest BCUT2D eigenvalue weighted by atomic mass is 16.5. The molecule has 1 saturated heterocycles. The molecule has 1 aliphatic rings. The van der Waals surface area contributed by atoms with Crippen LogP contribution in [0.2, 0.25) is 0 Å². The number of nitrogens with zero attached hydrogens (tertiary/aromatic N) is 1. The summed E-state index contributed by atoms with van der Waals surface area (Å²) < 4.78 is 11.1. The third-order valence-electron chi connectivity index (χ3n) is 3.67. The summed E-state index contributed by atoms with van der Waals surface area (Å²) in [6.45, 7) is 6.51. The number of hydrogen-bond donors (Lipinski definition) is 1. The van der Waals surface area contributed by atoms with Crippen LogP contribution in [-0.2, 0) is 0 Å². The van der Waals surface area contributed by atoms with Gasteiger partial charge >= 0.3 is 0 Å². The van der Waals surface area contributed by atoms with Crippen LogP contribution in [0.1, 0.15) is 30.6 Å². The van der Waals surface area contributed by atoms with Crippen LogP contribution in [0.5, 0.6) is 11.5 Å². The highest BCUT2D eigenvalue weighted by molar-refractivity contribution is 5.95. The molecule has 0 saturated carbocycles. The number of carbonyl (C=O) groups excluding carboxylic acids is 1. The molecule has 1 unspecified atom stereocenters. The molecule has 116 valence electrons. The van der Waals surface area contributed by atoms with Crippen molar-refractivity contribution in [2.45, 2.75) is 26.3 Å². The van der Waals surface area contributed by atoms with E-state index in [9.17, 15) is 4.79 Å². The fraction of sp³-hybridized carbons (Fsp3) is 0.562. The van der Waals surface area contributed by atoms with E-state index in [1.807, 2.05) is 37.9 Å². The fourth-order valence-corrected chi connectivity index (χ4v) is 2.55. The summed E-state index contributed by atoms with van der Waals surface area (Å²) >= 11 is 0. The normalized spacial score (nSPS) is 17.9. The van der Waals surface area contributed by atoms with Gasteiger partial charge in [-0.3, -0.25) is 4.79 Å². The van der Waals surface area contributed by atoms with Crippen molar-refractivity contribution in [3.05, 3.63) is 23.8 Å². The largest absolute Gasteiger partial charge is 0.490 e. The minimum Gasteiger partial charge on any atom is -0.490 e. The molecular weight excluding hydrogens is 268 g/mol. The van der Waals surface area contributed by atoms with Gasteiger partial charge in [-0.05, 0) is 45.5 Å². The maximum Gasteiger partial charge on any atom is 0.254 e. The first kappa shape index (κ1) is 15.6. The second kappa shape index (κ2) is 7.31. The van der Waals surface area contributed by atoms with Crippen molar-refractivity contribution in [1.82, 2.24) is 10.2 Å². The first-order valence-corrected chi connectivity index (χ1v) is 7.55. The molecule has 0 aliphatic carbocycles. The molecule has 1 aromatic carbocycles. The van der Waals surface area contributed by atoms with Gasteiger partial charge in [-0.2, -0.15) is 0 Å². The Labute approximate surface area is 126 Å². The van der Waals surface area contributed by atoms with Crippen molar-refractivity contribution in [2.75, 3.05) is 33.4 Å². The Bertz CT molecular complexity index is 490. The van der Waals surface area contributed by atoms with Gasteiger partial charge in [-0.1, -0.05) is 0 Å². The van der Waals surface area contributed by atoms with Crippen LogP contribution >= 0.6 is 0 Å². The molecule has 1 N–H and O–H groups in total. The van der Waals surface area contributed by atoms with Crippen LogP contribution in [0, 0.1) is 0 Å². The molecule has 1 aromatic rings. The van der Waals surface area contributed by atoms with Crippen LogP contribution in [0.4, 0.5) is 0 Å². The van der Waals surface area contributed by atoms with E-state index >= 15 is 0 Å². The lowest BCUT2D eigenvalue weighted by Gasteiger charge is -2.18. The molecule has 1 aliphatic heterocycles. The molecule has 0 radical (unpaired) electrons. The number of nitrogens with one attached hydrogen (secondary N) is 1. The van der Waals surface area contributed by atoms with Crippen LogP contribution in [0.15, 0.2) is 18.2 Å². The molecule has 21 heavy (non-hydrogen) atoms. The van der Waals surface area contributed by atoms with Gasteiger partial charge in [0, 0.05) is 24.7 Å². The predicted molar refractivity (Wildman–Crippen MR) is 82.1 cm³/mol. The highest BCUT2D eigenvalue weighted by Crippen LogP contribution is 2.29. The molecule has 5 heteroatoms. The van der Waals surface area contributed by atoms with Gasteiger partial charge in [0.1, 0.15) is 0 Å². The summed E-state index contributed by atoms with van der Waals surface area (Å²) in [4.78, 5) is 14.4. The second-order valence-electron chi connectivity index (χ2n) is 5.05. The molecule has 0 bridgehead atoms. The Balaban J connectivity index is 2.15. The summed E-state index contributed by atoms with van der Waals surface area (Å²) in [5, 5.41) is 3.22. The smallest absolute Gasteiger partial charge is 0.254 e. The zero-order valence-corrected chi connectivity index (χ0v) is 13.0. The number of ether oxygens (including phenoxy) is 2. The van der Waals surface area contributed by atoms with Crippen molar-refractivity contribution in [3.63, 3.8) is 0 Å². The van der Waals surface area contributed by atoms with Crippen LogP contribution in [0.25, 0.3) is 0 Å². The molecule has 1 amide bonds. The Morgan fingerprint density at radius 2 is 2.00 bits per heavy atom. The van der Waals surface area contributed by atoms with E-state index in [0.29, 0.717) is 36.3 Å². The minimum absolute atomic E-state index is 0.0525. The number of amides is 1. The Kier molecular flexibility index (Phi) is 5.44. The Hall–Kier alpha value is -1.75. The summed E-state index contributed by atoms with van der Waals surface area (Å²) in [6, 6.07) is 5.79. The fourth-order valence-electron chi connectivity index (χ4n) is 2.55. The van der Waals surface area contributed by atoms with Crippen LogP contribution in [0.3, 0.4) is 0 Å². The van der Waals surface area contributed by atoms with E-state index in [1.165, 1.54) is 0 Å². The lowest BCUT2D eigenvalue weighted by Crippen LogP contribution is -2.33. The third-order valence-corrected chi connectivity index (χ3v) is 3.67. The van der Waals surface area contributed by atoms with E-state index in [2.05, 4.69) is 5.32 Å². The van der Waals surface area contributed by atoms with Gasteiger partial charge in [0.2, 0.25) is 0 Å². The number of likely N-dealkylation sites (N-methyl/N-ethyl adjacent to an activating group) is 1. The molecular formula is C16H24N2O3. The van der Waals surface area contributed by atoms with Gasteiger partial charge in [0.05, 0.1) is 13.2 Å². The predicted octanol–water partition coefficient (Wildman–Crippen LogP) is 1.92. The third kappa shape index (κ3) is 3.67. The zero-order chi connectivity index (χ0) is 15.2. The van der Waals surface area contributed by atoms with Crippen molar-refractivity contribution < 1.29 is 14.3 Å². The lowest BCUT2D eigenvalue weighted by atomic mass is 10.1. The van der Waals surface area contributed by atoms with E-state index in [1.54, 1.807) is 6.07 Å².